The van der Waals surface area contributed by atoms with E-state index in [1.807, 2.05) is 43.1 Å². The fourth-order valence-electron chi connectivity index (χ4n) is 2.52. The molecular weight excluding hydrogens is 272 g/mol. The molecule has 3 heteroatoms. The van der Waals surface area contributed by atoms with Gasteiger partial charge in [0.05, 0.1) is 6.54 Å². The number of amides is 1. The highest BCUT2D eigenvalue weighted by atomic mass is 16.2. The van der Waals surface area contributed by atoms with Crippen molar-refractivity contribution >= 4 is 11.6 Å². The van der Waals surface area contributed by atoms with Crippen molar-refractivity contribution in [3.05, 3.63) is 64.7 Å². The minimum Gasteiger partial charge on any atom is -0.325 e. The van der Waals surface area contributed by atoms with Crippen molar-refractivity contribution in [1.29, 1.82) is 0 Å². The van der Waals surface area contributed by atoms with E-state index in [9.17, 15) is 4.79 Å². The molecule has 0 fully saturated rings. The number of anilines is 1. The molecule has 0 saturated heterocycles. The molecule has 116 valence electrons. The summed E-state index contributed by atoms with van der Waals surface area (Å²) in [5.74, 6) is 0.0167. The Hall–Kier alpha value is -2.13. The van der Waals surface area contributed by atoms with Crippen LogP contribution in [0.3, 0.4) is 0 Å². The maximum absolute atomic E-state index is 12.2. The van der Waals surface area contributed by atoms with E-state index in [4.69, 9.17) is 0 Å². The molecule has 2 rings (SSSR count). The summed E-state index contributed by atoms with van der Waals surface area (Å²) in [6.45, 7) is 7.31. The summed E-state index contributed by atoms with van der Waals surface area (Å²) in [6.07, 6.45) is 0. The number of nitrogens with zero attached hydrogens (tertiary/aromatic N) is 1. The average Bonchev–Trinajstić information content (AvgIpc) is 2.44. The van der Waals surface area contributed by atoms with Gasteiger partial charge in [0.1, 0.15) is 0 Å². The van der Waals surface area contributed by atoms with Crippen LogP contribution >= 0.6 is 0 Å². The van der Waals surface area contributed by atoms with Crippen LogP contribution in [0.25, 0.3) is 0 Å². The summed E-state index contributed by atoms with van der Waals surface area (Å²) >= 11 is 0. The van der Waals surface area contributed by atoms with Crippen molar-refractivity contribution in [3.63, 3.8) is 0 Å². The van der Waals surface area contributed by atoms with Gasteiger partial charge in [-0.3, -0.25) is 9.69 Å². The second-order valence-electron chi connectivity index (χ2n) is 5.97. The fraction of sp³-hybridized carbons (Fsp3) is 0.316. The summed E-state index contributed by atoms with van der Waals surface area (Å²) in [7, 11) is 1.97. The predicted molar refractivity (Wildman–Crippen MR) is 92.1 cm³/mol. The molecule has 0 aliphatic rings. The molecule has 0 aliphatic carbocycles. The second kappa shape index (κ2) is 7.23. The standard InChI is InChI=1S/C19H24N2O/c1-14-9-10-18(16(3)11-14)20-19(22)13-21(4)12-17-8-6-5-7-15(17)2/h5-11H,12-13H2,1-4H3,(H,20,22). The molecule has 0 radical (unpaired) electrons. The van der Waals surface area contributed by atoms with E-state index in [-0.39, 0.29) is 5.91 Å². The van der Waals surface area contributed by atoms with Gasteiger partial charge >= 0.3 is 0 Å². The molecule has 0 saturated carbocycles. The van der Waals surface area contributed by atoms with E-state index >= 15 is 0 Å². The third-order valence-electron chi connectivity index (χ3n) is 3.77. The number of hydrogen-bond donors (Lipinski definition) is 1. The molecule has 2 aromatic carbocycles. The van der Waals surface area contributed by atoms with Crippen LogP contribution in [0.1, 0.15) is 22.3 Å². The molecule has 1 amide bonds. The minimum absolute atomic E-state index is 0.0167. The first-order chi connectivity index (χ1) is 10.5. The molecule has 0 aliphatic heterocycles. The lowest BCUT2D eigenvalue weighted by Gasteiger charge is -2.18. The van der Waals surface area contributed by atoms with Crippen molar-refractivity contribution in [2.24, 2.45) is 0 Å². The highest BCUT2D eigenvalue weighted by Crippen LogP contribution is 2.16. The maximum atomic E-state index is 12.2. The zero-order valence-corrected chi connectivity index (χ0v) is 13.8. The van der Waals surface area contributed by atoms with Crippen molar-refractivity contribution in [1.82, 2.24) is 4.90 Å². The van der Waals surface area contributed by atoms with Crippen molar-refractivity contribution in [2.75, 3.05) is 18.9 Å². The van der Waals surface area contributed by atoms with E-state index < -0.39 is 0 Å². The molecular formula is C19H24N2O. The monoisotopic (exact) mass is 296 g/mol. The predicted octanol–water partition coefficient (Wildman–Crippen LogP) is 3.68. The van der Waals surface area contributed by atoms with Crippen molar-refractivity contribution in [2.45, 2.75) is 27.3 Å². The average molecular weight is 296 g/mol. The van der Waals surface area contributed by atoms with Gasteiger partial charge in [-0.15, -0.1) is 0 Å². The van der Waals surface area contributed by atoms with E-state index in [1.165, 1.54) is 16.7 Å². The van der Waals surface area contributed by atoms with Crippen molar-refractivity contribution in [3.8, 4) is 0 Å². The van der Waals surface area contributed by atoms with Gasteiger partial charge in [-0.25, -0.2) is 0 Å². The third kappa shape index (κ3) is 4.43. The summed E-state index contributed by atoms with van der Waals surface area (Å²) in [4.78, 5) is 14.2. The van der Waals surface area contributed by atoms with Crippen LogP contribution in [0.4, 0.5) is 5.69 Å². The molecule has 0 spiro atoms. The van der Waals surface area contributed by atoms with Crippen LogP contribution in [0.15, 0.2) is 42.5 Å². The first-order valence-corrected chi connectivity index (χ1v) is 7.56. The van der Waals surface area contributed by atoms with Gasteiger partial charge in [0.25, 0.3) is 0 Å². The normalized spacial score (nSPS) is 10.8. The van der Waals surface area contributed by atoms with Gasteiger partial charge in [-0.1, -0.05) is 42.0 Å². The Labute approximate surface area is 133 Å². The Morgan fingerprint density at radius 2 is 1.77 bits per heavy atom. The maximum Gasteiger partial charge on any atom is 0.238 e. The van der Waals surface area contributed by atoms with Crippen LogP contribution in [0.5, 0.6) is 0 Å². The highest BCUT2D eigenvalue weighted by molar-refractivity contribution is 5.92. The van der Waals surface area contributed by atoms with Gasteiger partial charge in [0, 0.05) is 12.2 Å². The molecule has 1 N–H and O–H groups in total. The van der Waals surface area contributed by atoms with E-state index in [0.717, 1.165) is 17.8 Å². The second-order valence-corrected chi connectivity index (χ2v) is 5.97. The van der Waals surface area contributed by atoms with E-state index in [0.29, 0.717) is 6.54 Å². The van der Waals surface area contributed by atoms with Gasteiger partial charge in [0.2, 0.25) is 5.91 Å². The smallest absolute Gasteiger partial charge is 0.238 e. The van der Waals surface area contributed by atoms with Gasteiger partial charge in [0.15, 0.2) is 0 Å². The quantitative estimate of drug-likeness (QED) is 0.913. The summed E-state index contributed by atoms with van der Waals surface area (Å²) in [5, 5.41) is 2.99. The molecule has 0 heterocycles. The lowest BCUT2D eigenvalue weighted by Crippen LogP contribution is -2.30. The summed E-state index contributed by atoms with van der Waals surface area (Å²) in [5.41, 5.74) is 5.69. The first-order valence-electron chi connectivity index (χ1n) is 7.56. The number of likely N-dealkylation sites (N-methyl/N-ethyl adjacent to an activating group) is 1. The first kappa shape index (κ1) is 16.2. The lowest BCUT2D eigenvalue weighted by atomic mass is 10.1. The van der Waals surface area contributed by atoms with Gasteiger partial charge < -0.3 is 5.32 Å². The largest absolute Gasteiger partial charge is 0.325 e. The Balaban J connectivity index is 1.93. The molecule has 3 nitrogen and oxygen atoms in total. The topological polar surface area (TPSA) is 32.3 Å². The number of carbonyl (C=O) groups excluding carboxylic acids is 1. The Bertz CT molecular complexity index is 664. The number of hydrogen-bond acceptors (Lipinski definition) is 2. The molecule has 22 heavy (non-hydrogen) atoms. The van der Waals surface area contributed by atoms with E-state index in [1.54, 1.807) is 0 Å². The van der Waals surface area contributed by atoms with Gasteiger partial charge in [-0.2, -0.15) is 0 Å². The summed E-state index contributed by atoms with van der Waals surface area (Å²) < 4.78 is 0. The Kier molecular flexibility index (Phi) is 5.34. The molecule has 2 aromatic rings. The fourth-order valence-corrected chi connectivity index (χ4v) is 2.52. The van der Waals surface area contributed by atoms with Crippen LogP contribution in [-0.2, 0) is 11.3 Å². The highest BCUT2D eigenvalue weighted by Gasteiger charge is 2.09. The SMILES string of the molecule is Cc1ccc(NC(=O)CN(C)Cc2ccccc2C)c(C)c1. The molecule has 0 bridgehead atoms. The number of aryl methyl sites for hydroxylation is 3. The number of rotatable bonds is 5. The molecule has 0 unspecified atom stereocenters. The number of benzene rings is 2. The van der Waals surface area contributed by atoms with Crippen molar-refractivity contribution < 1.29 is 4.79 Å². The Morgan fingerprint density at radius 1 is 1.05 bits per heavy atom. The van der Waals surface area contributed by atoms with Crippen LogP contribution in [0.2, 0.25) is 0 Å². The minimum atomic E-state index is 0.0167. The van der Waals surface area contributed by atoms with E-state index in [2.05, 4.69) is 37.4 Å². The Morgan fingerprint density at radius 3 is 2.45 bits per heavy atom. The van der Waals surface area contributed by atoms with Crippen LogP contribution < -0.4 is 5.32 Å². The molecule has 0 atom stereocenters. The van der Waals surface area contributed by atoms with Crippen LogP contribution in [0, 0.1) is 20.8 Å². The van der Waals surface area contributed by atoms with Gasteiger partial charge in [-0.05, 0) is 50.6 Å². The summed E-state index contributed by atoms with van der Waals surface area (Å²) in [6, 6.07) is 14.3. The zero-order chi connectivity index (χ0) is 16.1. The number of nitrogens with one attached hydrogen (secondary N) is 1. The zero-order valence-electron chi connectivity index (χ0n) is 13.8. The third-order valence-corrected chi connectivity index (χ3v) is 3.77. The lowest BCUT2D eigenvalue weighted by molar-refractivity contribution is -0.117. The number of carbonyl (C=O) groups is 1. The molecule has 0 aromatic heterocycles. The van der Waals surface area contributed by atoms with Crippen LogP contribution in [-0.4, -0.2) is 24.4 Å².